The van der Waals surface area contributed by atoms with Gasteiger partial charge in [-0.05, 0) is 43.5 Å². The summed E-state index contributed by atoms with van der Waals surface area (Å²) in [5.74, 6) is 0.660. The van der Waals surface area contributed by atoms with Crippen molar-refractivity contribution in [3.63, 3.8) is 0 Å². The summed E-state index contributed by atoms with van der Waals surface area (Å²) in [6.07, 6.45) is 0.870. The Bertz CT molecular complexity index is 404. The minimum absolute atomic E-state index is 0.0375. The molecule has 0 aliphatic heterocycles. The van der Waals surface area contributed by atoms with Gasteiger partial charge in [0.1, 0.15) is 5.75 Å². The van der Waals surface area contributed by atoms with Crippen LogP contribution in [0.25, 0.3) is 0 Å². The number of aliphatic hydroxyl groups excluding tert-OH is 1. The predicted octanol–water partition coefficient (Wildman–Crippen LogP) is 3.50. The molecular weight excluding hydrogens is 296 g/mol. The minimum atomic E-state index is -0.622. The lowest BCUT2D eigenvalue weighted by molar-refractivity contribution is 0.100. The van der Waals surface area contributed by atoms with Crippen LogP contribution in [-0.2, 0) is 0 Å². The summed E-state index contributed by atoms with van der Waals surface area (Å²) < 4.78 is 5.56. The molecule has 0 saturated heterocycles. The highest BCUT2D eigenvalue weighted by molar-refractivity contribution is 9.09. The van der Waals surface area contributed by atoms with Gasteiger partial charge in [-0.15, -0.1) is 0 Å². The lowest BCUT2D eigenvalue weighted by Gasteiger charge is -2.14. The number of hydrogen-bond acceptors (Lipinski definition) is 3. The Balaban J connectivity index is 2.94. The van der Waals surface area contributed by atoms with Gasteiger partial charge in [-0.25, -0.2) is 0 Å². The van der Waals surface area contributed by atoms with Crippen molar-refractivity contribution in [1.29, 1.82) is 0 Å². The summed E-state index contributed by atoms with van der Waals surface area (Å²) in [6.45, 7) is 4.01. The Morgan fingerprint density at radius 3 is 2.78 bits per heavy atom. The van der Waals surface area contributed by atoms with Gasteiger partial charge in [0.2, 0.25) is 0 Å². The molecular formula is C14H19BrO3. The Hall–Kier alpha value is -0.870. The summed E-state index contributed by atoms with van der Waals surface area (Å²) in [5, 5.41) is 10.8. The Morgan fingerprint density at radius 1 is 1.50 bits per heavy atom. The lowest BCUT2D eigenvalue weighted by Crippen LogP contribution is -2.06. The molecule has 1 rings (SSSR count). The molecule has 18 heavy (non-hydrogen) atoms. The number of alkyl halides is 1. The first-order valence-electron chi connectivity index (χ1n) is 6.11. The van der Waals surface area contributed by atoms with Crippen LogP contribution in [0.2, 0.25) is 0 Å². The number of ether oxygens (including phenoxy) is 1. The first-order chi connectivity index (χ1) is 8.60. The molecule has 100 valence electrons. The van der Waals surface area contributed by atoms with E-state index in [4.69, 9.17) is 4.74 Å². The molecule has 0 amide bonds. The molecule has 1 N–H and O–H groups in total. The SMILES string of the molecule is CCC(O)c1cc(OCCCBr)ccc1C(C)=O. The van der Waals surface area contributed by atoms with E-state index in [0.717, 1.165) is 11.8 Å². The van der Waals surface area contributed by atoms with E-state index in [0.29, 0.717) is 29.9 Å². The molecule has 0 bridgehead atoms. The van der Waals surface area contributed by atoms with Gasteiger partial charge in [-0.3, -0.25) is 4.79 Å². The van der Waals surface area contributed by atoms with Crippen molar-refractivity contribution in [3.05, 3.63) is 29.3 Å². The average Bonchev–Trinajstić information content (AvgIpc) is 2.37. The summed E-state index contributed by atoms with van der Waals surface area (Å²) in [6, 6.07) is 5.26. The number of benzene rings is 1. The van der Waals surface area contributed by atoms with E-state index in [9.17, 15) is 9.90 Å². The molecule has 0 radical (unpaired) electrons. The molecule has 0 saturated carbocycles. The van der Waals surface area contributed by atoms with E-state index in [1.165, 1.54) is 6.92 Å². The number of aliphatic hydroxyl groups is 1. The summed E-state index contributed by atoms with van der Waals surface area (Å²) in [4.78, 5) is 11.5. The molecule has 3 nitrogen and oxygen atoms in total. The highest BCUT2D eigenvalue weighted by atomic mass is 79.9. The van der Waals surface area contributed by atoms with Crippen LogP contribution in [0, 0.1) is 0 Å². The van der Waals surface area contributed by atoms with Crippen LogP contribution in [0.15, 0.2) is 18.2 Å². The van der Waals surface area contributed by atoms with Crippen LogP contribution in [0.3, 0.4) is 0 Å². The first kappa shape index (κ1) is 15.2. The normalized spacial score (nSPS) is 12.2. The lowest BCUT2D eigenvalue weighted by atomic mass is 9.98. The van der Waals surface area contributed by atoms with E-state index in [1.807, 2.05) is 6.92 Å². The van der Waals surface area contributed by atoms with Gasteiger partial charge in [0.15, 0.2) is 5.78 Å². The number of rotatable bonds is 7. The average molecular weight is 315 g/mol. The number of hydrogen-bond donors (Lipinski definition) is 1. The van der Waals surface area contributed by atoms with E-state index >= 15 is 0 Å². The van der Waals surface area contributed by atoms with Crippen molar-refractivity contribution in [1.82, 2.24) is 0 Å². The number of carbonyl (C=O) groups is 1. The standard InChI is InChI=1S/C14H19BrO3/c1-3-14(17)13-9-11(18-8-4-7-15)5-6-12(13)10(2)16/h5-6,9,14,17H,3-4,7-8H2,1-2H3. The highest BCUT2D eigenvalue weighted by Crippen LogP contribution is 2.26. The highest BCUT2D eigenvalue weighted by Gasteiger charge is 2.14. The maximum Gasteiger partial charge on any atom is 0.160 e. The molecule has 0 heterocycles. The van der Waals surface area contributed by atoms with E-state index in [-0.39, 0.29) is 5.78 Å². The molecule has 4 heteroatoms. The molecule has 1 aromatic carbocycles. The van der Waals surface area contributed by atoms with Crippen LogP contribution >= 0.6 is 15.9 Å². The monoisotopic (exact) mass is 314 g/mol. The van der Waals surface area contributed by atoms with Crippen LogP contribution in [0.1, 0.15) is 48.7 Å². The number of Topliss-reactive ketones (excluding diaryl/α,β-unsaturated/α-hetero) is 1. The predicted molar refractivity (Wildman–Crippen MR) is 75.6 cm³/mol. The summed E-state index contributed by atoms with van der Waals surface area (Å²) in [5.41, 5.74) is 1.22. The fourth-order valence-corrected chi connectivity index (χ4v) is 1.92. The van der Waals surface area contributed by atoms with Crippen LogP contribution in [-0.4, -0.2) is 22.8 Å². The van der Waals surface area contributed by atoms with Crippen molar-refractivity contribution in [2.45, 2.75) is 32.8 Å². The maximum atomic E-state index is 11.5. The Kier molecular flexibility index (Phi) is 6.36. The minimum Gasteiger partial charge on any atom is -0.494 e. The molecule has 1 aromatic rings. The van der Waals surface area contributed by atoms with Gasteiger partial charge in [0, 0.05) is 10.9 Å². The molecule has 1 unspecified atom stereocenters. The van der Waals surface area contributed by atoms with Crippen molar-refractivity contribution in [2.24, 2.45) is 0 Å². The van der Waals surface area contributed by atoms with Gasteiger partial charge in [-0.2, -0.15) is 0 Å². The fourth-order valence-electron chi connectivity index (χ4n) is 1.69. The van der Waals surface area contributed by atoms with E-state index in [1.54, 1.807) is 18.2 Å². The Labute approximate surface area is 116 Å². The molecule has 1 atom stereocenters. The number of ketones is 1. The van der Waals surface area contributed by atoms with E-state index < -0.39 is 6.10 Å². The second-order valence-corrected chi connectivity index (χ2v) is 4.91. The zero-order valence-electron chi connectivity index (χ0n) is 10.8. The maximum absolute atomic E-state index is 11.5. The van der Waals surface area contributed by atoms with Gasteiger partial charge in [-0.1, -0.05) is 22.9 Å². The van der Waals surface area contributed by atoms with Crippen LogP contribution < -0.4 is 4.74 Å². The second-order valence-electron chi connectivity index (χ2n) is 4.12. The third-order valence-corrected chi connectivity index (χ3v) is 3.26. The van der Waals surface area contributed by atoms with Gasteiger partial charge in [0.25, 0.3) is 0 Å². The quantitative estimate of drug-likeness (QED) is 0.476. The van der Waals surface area contributed by atoms with Gasteiger partial charge >= 0.3 is 0 Å². The summed E-state index contributed by atoms with van der Waals surface area (Å²) in [7, 11) is 0. The van der Waals surface area contributed by atoms with Crippen molar-refractivity contribution in [3.8, 4) is 5.75 Å². The molecule has 0 aliphatic carbocycles. The molecule has 0 fully saturated rings. The van der Waals surface area contributed by atoms with Crippen molar-refractivity contribution < 1.29 is 14.6 Å². The zero-order valence-corrected chi connectivity index (χ0v) is 12.4. The van der Waals surface area contributed by atoms with E-state index in [2.05, 4.69) is 15.9 Å². The Morgan fingerprint density at radius 2 is 2.22 bits per heavy atom. The number of halogens is 1. The molecule has 0 spiro atoms. The van der Waals surface area contributed by atoms with Crippen molar-refractivity contribution >= 4 is 21.7 Å². The van der Waals surface area contributed by atoms with Crippen molar-refractivity contribution in [2.75, 3.05) is 11.9 Å². The summed E-state index contributed by atoms with van der Waals surface area (Å²) >= 11 is 3.34. The van der Waals surface area contributed by atoms with Crippen LogP contribution in [0.4, 0.5) is 0 Å². The third kappa shape index (κ3) is 4.10. The largest absolute Gasteiger partial charge is 0.494 e. The van der Waals surface area contributed by atoms with Gasteiger partial charge in [0.05, 0.1) is 12.7 Å². The van der Waals surface area contributed by atoms with Crippen LogP contribution in [0.5, 0.6) is 5.75 Å². The van der Waals surface area contributed by atoms with Gasteiger partial charge < -0.3 is 9.84 Å². The number of carbonyl (C=O) groups excluding carboxylic acids is 1. The smallest absolute Gasteiger partial charge is 0.160 e. The first-order valence-corrected chi connectivity index (χ1v) is 7.24. The third-order valence-electron chi connectivity index (χ3n) is 2.69. The fraction of sp³-hybridized carbons (Fsp3) is 0.500. The second kappa shape index (κ2) is 7.54. The zero-order chi connectivity index (χ0) is 13.5. The topological polar surface area (TPSA) is 46.5 Å². The molecule has 0 aliphatic rings. The molecule has 0 aromatic heterocycles.